The predicted octanol–water partition coefficient (Wildman–Crippen LogP) is 1.61. The van der Waals surface area contributed by atoms with E-state index in [1.807, 2.05) is 0 Å². The molecule has 20 heavy (non-hydrogen) atoms. The zero-order valence-electron chi connectivity index (χ0n) is 11.3. The second kappa shape index (κ2) is 5.56. The molecule has 0 bridgehead atoms. The van der Waals surface area contributed by atoms with E-state index in [-0.39, 0.29) is 12.3 Å². The van der Waals surface area contributed by atoms with E-state index < -0.39 is 5.97 Å². The summed E-state index contributed by atoms with van der Waals surface area (Å²) in [6.45, 7) is 1.75. The zero-order valence-corrected chi connectivity index (χ0v) is 11.3. The number of carboxylic acid groups (broad SMARTS) is 1. The first-order valence-corrected chi connectivity index (χ1v) is 6.08. The summed E-state index contributed by atoms with van der Waals surface area (Å²) in [5, 5.41) is 15.7. The van der Waals surface area contributed by atoms with Crippen molar-refractivity contribution < 1.29 is 14.7 Å². The van der Waals surface area contributed by atoms with E-state index >= 15 is 0 Å². The zero-order chi connectivity index (χ0) is 14.7. The molecule has 0 aliphatic rings. The minimum absolute atomic E-state index is 0.136. The van der Waals surface area contributed by atoms with Gasteiger partial charge in [-0.25, -0.2) is 0 Å². The van der Waals surface area contributed by atoms with Crippen molar-refractivity contribution in [2.24, 2.45) is 7.05 Å². The number of anilines is 1. The van der Waals surface area contributed by atoms with E-state index in [1.54, 1.807) is 49.1 Å². The van der Waals surface area contributed by atoms with Crippen LogP contribution in [0.2, 0.25) is 0 Å². The summed E-state index contributed by atoms with van der Waals surface area (Å²) in [5.41, 5.74) is 2.16. The lowest BCUT2D eigenvalue weighted by Crippen LogP contribution is -2.14. The van der Waals surface area contributed by atoms with Gasteiger partial charge in [-0.2, -0.15) is 5.10 Å². The summed E-state index contributed by atoms with van der Waals surface area (Å²) < 4.78 is 1.56. The normalized spacial score (nSPS) is 10.3. The lowest BCUT2D eigenvalue weighted by Gasteiger charge is -2.09. The molecule has 104 valence electrons. The third-order valence-corrected chi connectivity index (χ3v) is 2.87. The minimum Gasteiger partial charge on any atom is -0.481 e. The fourth-order valence-electron chi connectivity index (χ4n) is 1.97. The Morgan fingerprint density at radius 3 is 2.65 bits per heavy atom. The molecule has 1 aromatic heterocycles. The fourth-order valence-corrected chi connectivity index (χ4v) is 1.97. The summed E-state index contributed by atoms with van der Waals surface area (Å²) in [4.78, 5) is 23.0. The molecule has 1 aromatic carbocycles. The van der Waals surface area contributed by atoms with Gasteiger partial charge < -0.3 is 10.4 Å². The standard InChI is InChI=1S/C14H15N3O3/c1-9-11(8-17(2)16-9)14(20)15-12-6-4-3-5-10(12)7-13(18)19/h3-6,8H,7H2,1-2H3,(H,15,20)(H,18,19). The molecule has 0 unspecified atom stereocenters. The summed E-state index contributed by atoms with van der Waals surface area (Å²) in [5.74, 6) is -1.24. The molecule has 0 aliphatic heterocycles. The number of para-hydroxylation sites is 1. The summed E-state index contributed by atoms with van der Waals surface area (Å²) in [6, 6.07) is 6.85. The van der Waals surface area contributed by atoms with Crippen molar-refractivity contribution in [2.45, 2.75) is 13.3 Å². The Morgan fingerprint density at radius 1 is 1.35 bits per heavy atom. The molecular formula is C14H15N3O3. The molecule has 0 fully saturated rings. The SMILES string of the molecule is Cc1nn(C)cc1C(=O)Nc1ccccc1CC(=O)O. The molecule has 0 radical (unpaired) electrons. The van der Waals surface area contributed by atoms with Crippen LogP contribution < -0.4 is 5.32 Å². The van der Waals surface area contributed by atoms with Crippen molar-refractivity contribution in [2.75, 3.05) is 5.32 Å². The number of hydrogen-bond donors (Lipinski definition) is 2. The van der Waals surface area contributed by atoms with Gasteiger partial charge in [0.15, 0.2) is 0 Å². The van der Waals surface area contributed by atoms with Crippen LogP contribution in [0.5, 0.6) is 0 Å². The molecule has 0 atom stereocenters. The maximum Gasteiger partial charge on any atom is 0.307 e. The van der Waals surface area contributed by atoms with Gasteiger partial charge in [-0.05, 0) is 18.6 Å². The third-order valence-electron chi connectivity index (χ3n) is 2.87. The molecule has 6 nitrogen and oxygen atoms in total. The average molecular weight is 273 g/mol. The Bertz CT molecular complexity index is 661. The van der Waals surface area contributed by atoms with Crippen molar-refractivity contribution in [3.63, 3.8) is 0 Å². The van der Waals surface area contributed by atoms with Crippen LogP contribution in [0.15, 0.2) is 30.5 Å². The highest BCUT2D eigenvalue weighted by Gasteiger charge is 2.14. The van der Waals surface area contributed by atoms with Crippen LogP contribution in [0.25, 0.3) is 0 Å². The number of carboxylic acids is 1. The molecule has 0 spiro atoms. The number of carbonyl (C=O) groups excluding carboxylic acids is 1. The Labute approximate surface area is 116 Å². The summed E-state index contributed by atoms with van der Waals surface area (Å²) in [7, 11) is 1.74. The van der Waals surface area contributed by atoms with Crippen LogP contribution in [0.4, 0.5) is 5.69 Å². The van der Waals surface area contributed by atoms with Gasteiger partial charge in [-0.1, -0.05) is 18.2 Å². The smallest absolute Gasteiger partial charge is 0.307 e. The Hall–Kier alpha value is -2.63. The molecule has 0 saturated carbocycles. The number of hydrogen-bond acceptors (Lipinski definition) is 3. The molecule has 1 amide bonds. The Morgan fingerprint density at radius 2 is 2.05 bits per heavy atom. The first-order chi connectivity index (χ1) is 9.47. The first-order valence-electron chi connectivity index (χ1n) is 6.08. The summed E-state index contributed by atoms with van der Waals surface area (Å²) >= 11 is 0. The lowest BCUT2D eigenvalue weighted by atomic mass is 10.1. The molecular weight excluding hydrogens is 258 g/mol. The molecule has 2 aromatic rings. The van der Waals surface area contributed by atoms with E-state index in [2.05, 4.69) is 10.4 Å². The van der Waals surface area contributed by atoms with Crippen molar-refractivity contribution in [3.05, 3.63) is 47.3 Å². The monoisotopic (exact) mass is 273 g/mol. The van der Waals surface area contributed by atoms with Crippen molar-refractivity contribution in [3.8, 4) is 0 Å². The fraction of sp³-hybridized carbons (Fsp3) is 0.214. The maximum absolute atomic E-state index is 12.2. The van der Waals surface area contributed by atoms with Gasteiger partial charge in [0, 0.05) is 18.9 Å². The van der Waals surface area contributed by atoms with Crippen LogP contribution in [0.1, 0.15) is 21.6 Å². The number of rotatable bonds is 4. The minimum atomic E-state index is -0.941. The van der Waals surface area contributed by atoms with Crippen molar-refractivity contribution >= 4 is 17.6 Å². The third kappa shape index (κ3) is 3.03. The predicted molar refractivity (Wildman–Crippen MR) is 73.7 cm³/mol. The number of nitrogens with one attached hydrogen (secondary N) is 1. The van der Waals surface area contributed by atoms with E-state index in [9.17, 15) is 9.59 Å². The molecule has 6 heteroatoms. The lowest BCUT2D eigenvalue weighted by molar-refractivity contribution is -0.136. The number of nitrogens with zero attached hydrogens (tertiary/aromatic N) is 2. The van der Waals surface area contributed by atoms with Crippen LogP contribution in [-0.2, 0) is 18.3 Å². The van der Waals surface area contributed by atoms with Gasteiger partial charge in [-0.15, -0.1) is 0 Å². The molecule has 0 saturated heterocycles. The topological polar surface area (TPSA) is 84.2 Å². The number of aryl methyl sites for hydroxylation is 2. The Kier molecular flexibility index (Phi) is 3.84. The second-order valence-electron chi connectivity index (χ2n) is 4.48. The van der Waals surface area contributed by atoms with Crippen molar-refractivity contribution in [1.82, 2.24) is 9.78 Å². The Balaban J connectivity index is 2.24. The van der Waals surface area contributed by atoms with Crippen LogP contribution in [0.3, 0.4) is 0 Å². The number of aromatic nitrogens is 2. The highest BCUT2D eigenvalue weighted by atomic mass is 16.4. The van der Waals surface area contributed by atoms with Gasteiger partial charge in [0.25, 0.3) is 5.91 Å². The molecule has 0 aliphatic carbocycles. The second-order valence-corrected chi connectivity index (χ2v) is 4.48. The van der Waals surface area contributed by atoms with Gasteiger partial charge in [-0.3, -0.25) is 14.3 Å². The highest BCUT2D eigenvalue weighted by molar-refractivity contribution is 6.05. The average Bonchev–Trinajstić information content (AvgIpc) is 2.70. The van der Waals surface area contributed by atoms with Gasteiger partial charge >= 0.3 is 5.97 Å². The van der Waals surface area contributed by atoms with E-state index in [0.717, 1.165) is 0 Å². The first kappa shape index (κ1) is 13.8. The van der Waals surface area contributed by atoms with Gasteiger partial charge in [0.1, 0.15) is 0 Å². The van der Waals surface area contributed by atoms with Crippen molar-refractivity contribution in [1.29, 1.82) is 0 Å². The number of amides is 1. The van der Waals surface area contributed by atoms with Gasteiger partial charge in [0.2, 0.25) is 0 Å². The number of aliphatic carboxylic acids is 1. The van der Waals surface area contributed by atoms with Crippen LogP contribution >= 0.6 is 0 Å². The van der Waals surface area contributed by atoms with E-state index in [0.29, 0.717) is 22.5 Å². The maximum atomic E-state index is 12.2. The van der Waals surface area contributed by atoms with Crippen LogP contribution in [0, 0.1) is 6.92 Å². The van der Waals surface area contributed by atoms with E-state index in [1.165, 1.54) is 0 Å². The highest BCUT2D eigenvalue weighted by Crippen LogP contribution is 2.17. The molecule has 2 N–H and O–H groups in total. The van der Waals surface area contributed by atoms with Crippen LogP contribution in [-0.4, -0.2) is 26.8 Å². The van der Waals surface area contributed by atoms with E-state index in [4.69, 9.17) is 5.11 Å². The molecule has 1 heterocycles. The number of carbonyl (C=O) groups is 2. The largest absolute Gasteiger partial charge is 0.481 e. The summed E-state index contributed by atoms with van der Waals surface area (Å²) in [6.07, 6.45) is 1.49. The quantitative estimate of drug-likeness (QED) is 0.886. The molecule has 2 rings (SSSR count). The van der Waals surface area contributed by atoms with Gasteiger partial charge in [0.05, 0.1) is 17.7 Å². The number of benzene rings is 1.